The van der Waals surface area contributed by atoms with E-state index in [1.165, 1.54) is 14.2 Å². The number of fused-ring (bicyclic) bond motifs is 2. The lowest BCUT2D eigenvalue weighted by atomic mass is 9.75. The molecule has 308 valence electrons. The largest absolute Gasteiger partial charge is 0.457 e. The van der Waals surface area contributed by atoms with Crippen LogP contribution in [-0.4, -0.2) is 93.1 Å². The summed E-state index contributed by atoms with van der Waals surface area (Å²) >= 11 is 0. The lowest BCUT2D eigenvalue weighted by molar-refractivity contribution is -0.136. The Morgan fingerprint density at radius 3 is 1.69 bits per heavy atom. The summed E-state index contributed by atoms with van der Waals surface area (Å²) in [6, 6.07) is 10.4. The number of rotatable bonds is 10. The summed E-state index contributed by atoms with van der Waals surface area (Å²) in [7, 11) is 2.58. The molecule has 58 heavy (non-hydrogen) atoms. The van der Waals surface area contributed by atoms with Gasteiger partial charge in [0.2, 0.25) is 11.8 Å². The van der Waals surface area contributed by atoms with E-state index < -0.39 is 29.7 Å². The van der Waals surface area contributed by atoms with E-state index >= 15 is 0 Å². The Balaban J connectivity index is 1.08. The molecule has 0 radical (unpaired) electrons. The van der Waals surface area contributed by atoms with Crippen molar-refractivity contribution in [3.63, 3.8) is 0 Å². The van der Waals surface area contributed by atoms with Crippen LogP contribution in [0.5, 0.6) is 11.5 Å². The van der Waals surface area contributed by atoms with Crippen LogP contribution in [0.2, 0.25) is 0 Å². The van der Waals surface area contributed by atoms with Crippen LogP contribution in [0.3, 0.4) is 0 Å². The highest BCUT2D eigenvalue weighted by molar-refractivity contribution is 5.87. The molecule has 0 unspecified atom stereocenters. The SMILES string of the molecule is COC(=O)N[C@H](C(=O)N1CCC[C@H]1c1ncc(-c2ccc3c(c2)Oc2ccc(-c4cnc([C@@H]5CCCN5C(=O)[C@@H](NC(=O)OC)C(C)C)[nH]4)cc2C3(C)C)[nH]1)C(C)C. The van der Waals surface area contributed by atoms with Gasteiger partial charge < -0.3 is 44.6 Å². The molecule has 4 atom stereocenters. The molecule has 3 aliphatic heterocycles. The Bertz CT molecular complexity index is 2190. The first-order valence-electron chi connectivity index (χ1n) is 20.1. The minimum Gasteiger partial charge on any atom is -0.457 e. The summed E-state index contributed by atoms with van der Waals surface area (Å²) in [6.45, 7) is 13.1. The number of aromatic nitrogens is 4. The predicted octanol–water partition coefficient (Wildman–Crippen LogP) is 6.99. The van der Waals surface area contributed by atoms with Gasteiger partial charge in [-0.2, -0.15) is 0 Å². The first-order valence-corrected chi connectivity index (χ1v) is 20.1. The molecular weight excluding hydrogens is 741 g/mol. The van der Waals surface area contributed by atoms with E-state index in [-0.39, 0.29) is 35.7 Å². The highest BCUT2D eigenvalue weighted by atomic mass is 16.5. The van der Waals surface area contributed by atoms with Crippen LogP contribution in [0.4, 0.5) is 9.59 Å². The molecule has 5 heterocycles. The number of alkyl carbamates (subject to hydrolysis) is 2. The van der Waals surface area contributed by atoms with Gasteiger partial charge in [0.1, 0.15) is 35.2 Å². The number of nitrogens with zero attached hydrogens (tertiary/aromatic N) is 4. The van der Waals surface area contributed by atoms with Gasteiger partial charge in [-0.3, -0.25) is 9.59 Å². The highest BCUT2D eigenvalue weighted by Crippen LogP contribution is 2.50. The maximum atomic E-state index is 13.7. The summed E-state index contributed by atoms with van der Waals surface area (Å²) in [4.78, 5) is 71.4. The number of imidazole rings is 2. The normalized spacial score (nSPS) is 19.3. The quantitative estimate of drug-likeness (QED) is 0.131. The molecule has 3 aliphatic rings. The number of likely N-dealkylation sites (tertiary alicyclic amines) is 2. The Morgan fingerprint density at radius 2 is 1.21 bits per heavy atom. The highest BCUT2D eigenvalue weighted by Gasteiger charge is 2.40. The molecule has 4 aromatic rings. The van der Waals surface area contributed by atoms with E-state index in [1.807, 2.05) is 57.0 Å². The maximum absolute atomic E-state index is 13.7. The number of H-pyrrole nitrogens is 2. The fourth-order valence-electron chi connectivity index (χ4n) is 8.52. The van der Waals surface area contributed by atoms with Gasteiger partial charge in [0.05, 0.1) is 50.1 Å². The van der Waals surface area contributed by atoms with Gasteiger partial charge in [-0.05, 0) is 61.8 Å². The summed E-state index contributed by atoms with van der Waals surface area (Å²) in [6.07, 6.45) is 5.52. The average molecular weight is 795 g/mol. The van der Waals surface area contributed by atoms with Gasteiger partial charge in [0, 0.05) is 40.8 Å². The topological polar surface area (TPSA) is 184 Å². The molecule has 0 aliphatic carbocycles. The number of hydrogen-bond donors (Lipinski definition) is 4. The number of aromatic amines is 2. The van der Waals surface area contributed by atoms with Gasteiger partial charge in [0.25, 0.3) is 0 Å². The van der Waals surface area contributed by atoms with Crippen molar-refractivity contribution in [3.05, 3.63) is 71.6 Å². The van der Waals surface area contributed by atoms with Gasteiger partial charge in [-0.25, -0.2) is 19.6 Å². The Hall–Kier alpha value is -5.86. The first-order chi connectivity index (χ1) is 27.7. The summed E-state index contributed by atoms with van der Waals surface area (Å²) < 4.78 is 16.1. The molecule has 2 aromatic carbocycles. The molecule has 15 nitrogen and oxygen atoms in total. The molecule has 4 amide bonds. The van der Waals surface area contributed by atoms with Crippen molar-refractivity contribution in [2.24, 2.45) is 11.8 Å². The molecule has 0 spiro atoms. The monoisotopic (exact) mass is 794 g/mol. The molecule has 4 N–H and O–H groups in total. The van der Waals surface area contributed by atoms with Crippen molar-refractivity contribution >= 4 is 24.0 Å². The zero-order valence-corrected chi connectivity index (χ0v) is 34.5. The van der Waals surface area contributed by atoms with Crippen LogP contribution in [0.25, 0.3) is 22.5 Å². The second kappa shape index (κ2) is 16.2. The third-order valence-corrected chi connectivity index (χ3v) is 11.8. The van der Waals surface area contributed by atoms with E-state index in [9.17, 15) is 19.2 Å². The van der Waals surface area contributed by atoms with Gasteiger partial charge in [0.15, 0.2) is 0 Å². The van der Waals surface area contributed by atoms with Crippen LogP contribution in [0.1, 0.15) is 102 Å². The number of amides is 4. The van der Waals surface area contributed by atoms with Gasteiger partial charge in [-0.1, -0.05) is 53.7 Å². The Kier molecular flexibility index (Phi) is 11.3. The number of carbonyl (C=O) groups is 4. The molecule has 7 rings (SSSR count). The second-order valence-corrected chi connectivity index (χ2v) is 16.6. The lowest BCUT2D eigenvalue weighted by Gasteiger charge is -2.35. The van der Waals surface area contributed by atoms with Crippen molar-refractivity contribution in [3.8, 4) is 34.0 Å². The Morgan fingerprint density at radius 1 is 0.724 bits per heavy atom. The summed E-state index contributed by atoms with van der Waals surface area (Å²) in [5.74, 6) is 2.37. The van der Waals surface area contributed by atoms with Crippen molar-refractivity contribution in [1.82, 2.24) is 40.4 Å². The van der Waals surface area contributed by atoms with E-state index in [0.29, 0.717) is 24.7 Å². The second-order valence-electron chi connectivity index (χ2n) is 16.6. The number of nitrogens with one attached hydrogen (secondary N) is 4. The zero-order valence-electron chi connectivity index (χ0n) is 34.5. The maximum Gasteiger partial charge on any atom is 0.407 e. The van der Waals surface area contributed by atoms with E-state index in [1.54, 1.807) is 11.1 Å². The minimum absolute atomic E-state index is 0.120. The van der Waals surface area contributed by atoms with Crippen LogP contribution in [0, 0.1) is 11.8 Å². The number of benzene rings is 2. The molecule has 2 fully saturated rings. The van der Waals surface area contributed by atoms with Crippen LogP contribution < -0.4 is 15.4 Å². The average Bonchev–Trinajstić information content (AvgIpc) is 4.05. The molecule has 2 aromatic heterocycles. The summed E-state index contributed by atoms with van der Waals surface area (Å²) in [5.41, 5.74) is 5.16. The third-order valence-electron chi connectivity index (χ3n) is 11.8. The fourth-order valence-corrected chi connectivity index (χ4v) is 8.52. The fraction of sp³-hybridized carbons (Fsp3) is 0.488. The van der Waals surface area contributed by atoms with E-state index in [2.05, 4.69) is 52.6 Å². The smallest absolute Gasteiger partial charge is 0.407 e. The molecule has 15 heteroatoms. The lowest BCUT2D eigenvalue weighted by Crippen LogP contribution is -2.51. The standard InChI is InChI=1S/C43H54N8O7/c1-23(2)35(48-41(54)56-7)39(52)50-17-9-11-31(50)37-44-21-29(46-37)25-14-16-33-28(19-25)43(5,6)27-15-13-26(20-34(27)58-33)30-22-45-38(47-30)32-12-10-18-51(32)40(53)36(24(3)4)49-42(55)57-8/h13-16,19-24,31-32,35-36H,9-12,17-18H2,1-8H3,(H,44,46)(H,45,47)(H,48,54)(H,49,55)/t31-,32-,35-,36-/m0/s1. The first kappa shape index (κ1) is 40.3. The molecule has 0 saturated carbocycles. The van der Waals surface area contributed by atoms with Crippen molar-refractivity contribution in [2.45, 2.75) is 96.8 Å². The third kappa shape index (κ3) is 7.61. The molecular formula is C43H54N8O7. The zero-order chi connectivity index (χ0) is 41.5. The van der Waals surface area contributed by atoms with E-state index in [0.717, 1.165) is 70.8 Å². The summed E-state index contributed by atoms with van der Waals surface area (Å²) in [5, 5.41) is 5.41. The van der Waals surface area contributed by atoms with Crippen molar-refractivity contribution in [1.29, 1.82) is 0 Å². The van der Waals surface area contributed by atoms with Gasteiger partial charge >= 0.3 is 12.2 Å². The van der Waals surface area contributed by atoms with Crippen molar-refractivity contribution in [2.75, 3.05) is 27.3 Å². The molecule has 0 bridgehead atoms. The Labute approximate surface area is 338 Å². The number of carbonyl (C=O) groups excluding carboxylic acids is 4. The van der Waals surface area contributed by atoms with Crippen LogP contribution >= 0.6 is 0 Å². The van der Waals surface area contributed by atoms with Crippen molar-refractivity contribution < 1.29 is 33.4 Å². The number of ether oxygens (including phenoxy) is 3. The minimum atomic E-state index is -0.707. The number of methoxy groups -OCH3 is 2. The predicted molar refractivity (Wildman–Crippen MR) is 216 cm³/mol. The van der Waals surface area contributed by atoms with E-state index in [4.69, 9.17) is 24.2 Å². The molecule has 2 saturated heterocycles. The van der Waals surface area contributed by atoms with Gasteiger partial charge in [-0.15, -0.1) is 0 Å². The number of hydrogen-bond acceptors (Lipinski definition) is 9. The van der Waals surface area contributed by atoms with Crippen LogP contribution in [-0.2, 0) is 24.5 Å². The van der Waals surface area contributed by atoms with Crippen LogP contribution in [0.15, 0.2) is 48.8 Å².